The molecule has 0 aliphatic rings. The van der Waals surface area contributed by atoms with Gasteiger partial charge in [-0.2, -0.15) is 0 Å². The normalized spacial score (nSPS) is 11.1. The Bertz CT molecular complexity index is 1180. The first-order chi connectivity index (χ1) is 13.7. The lowest BCUT2D eigenvalue weighted by Gasteiger charge is -2.13. The number of nitro groups is 1. The fourth-order valence-electron chi connectivity index (χ4n) is 3.29. The molecular formula is C22H21NO6. The molecule has 29 heavy (non-hydrogen) atoms. The summed E-state index contributed by atoms with van der Waals surface area (Å²) in [5, 5.41) is 11.8. The molecule has 3 aromatic rings. The summed E-state index contributed by atoms with van der Waals surface area (Å²) in [4.78, 5) is 34.9. The van der Waals surface area contributed by atoms with Gasteiger partial charge < -0.3 is 9.15 Å². The van der Waals surface area contributed by atoms with Gasteiger partial charge in [0.2, 0.25) is 0 Å². The molecule has 0 bridgehead atoms. The van der Waals surface area contributed by atoms with Crippen LogP contribution in [0.15, 0.2) is 45.6 Å². The molecule has 0 N–H and O–H groups in total. The van der Waals surface area contributed by atoms with Gasteiger partial charge in [-0.3, -0.25) is 10.1 Å². The molecule has 0 aliphatic heterocycles. The second kappa shape index (κ2) is 7.87. The van der Waals surface area contributed by atoms with Crippen LogP contribution in [-0.4, -0.2) is 10.9 Å². The minimum absolute atomic E-state index is 0.0771. The Kier molecular flexibility index (Phi) is 5.50. The van der Waals surface area contributed by atoms with E-state index in [9.17, 15) is 19.7 Å². The van der Waals surface area contributed by atoms with Gasteiger partial charge in [0.25, 0.3) is 5.69 Å². The molecule has 0 amide bonds. The van der Waals surface area contributed by atoms with Crippen LogP contribution in [0.2, 0.25) is 0 Å². The predicted octanol–water partition coefficient (Wildman–Crippen LogP) is 4.80. The fourth-order valence-corrected chi connectivity index (χ4v) is 3.29. The van der Waals surface area contributed by atoms with E-state index in [2.05, 4.69) is 13.8 Å². The number of hydrogen-bond acceptors (Lipinski definition) is 6. The SMILES string of the molecule is Cc1cc2oc(=O)cc(COC(=O)c3ccc(C)c([N+](=O)[O-])c3)c2cc1C(C)C. The summed E-state index contributed by atoms with van der Waals surface area (Å²) in [6.45, 7) is 7.53. The molecule has 7 heteroatoms. The van der Waals surface area contributed by atoms with Crippen LogP contribution in [0.1, 0.15) is 52.4 Å². The van der Waals surface area contributed by atoms with Crippen molar-refractivity contribution < 1.29 is 18.9 Å². The summed E-state index contributed by atoms with van der Waals surface area (Å²) >= 11 is 0. The van der Waals surface area contributed by atoms with Gasteiger partial charge in [-0.25, -0.2) is 9.59 Å². The highest BCUT2D eigenvalue weighted by atomic mass is 16.6. The first-order valence-electron chi connectivity index (χ1n) is 9.17. The van der Waals surface area contributed by atoms with Crippen LogP contribution in [0.4, 0.5) is 5.69 Å². The van der Waals surface area contributed by atoms with Crippen LogP contribution in [-0.2, 0) is 11.3 Å². The van der Waals surface area contributed by atoms with Crippen LogP contribution < -0.4 is 5.63 Å². The summed E-state index contributed by atoms with van der Waals surface area (Å²) in [7, 11) is 0. The molecule has 0 fully saturated rings. The van der Waals surface area contributed by atoms with Gasteiger partial charge in [-0.05, 0) is 49.1 Å². The second-order valence-corrected chi connectivity index (χ2v) is 7.28. The van der Waals surface area contributed by atoms with Crippen LogP contribution in [0.25, 0.3) is 11.0 Å². The maximum absolute atomic E-state index is 12.4. The molecular weight excluding hydrogens is 374 g/mol. The predicted molar refractivity (Wildman–Crippen MR) is 108 cm³/mol. The average molecular weight is 395 g/mol. The standard InChI is InChI=1S/C22H21NO6/c1-12(2)17-10-18-16(9-21(24)29-20(18)7-14(17)4)11-28-22(25)15-6-5-13(3)19(8-15)23(26)27/h5-10,12H,11H2,1-4H3. The molecule has 0 unspecified atom stereocenters. The van der Waals surface area contributed by atoms with Gasteiger partial charge >= 0.3 is 11.6 Å². The third-order valence-corrected chi connectivity index (χ3v) is 4.84. The minimum Gasteiger partial charge on any atom is -0.457 e. The van der Waals surface area contributed by atoms with Crippen molar-refractivity contribution in [3.63, 3.8) is 0 Å². The number of carbonyl (C=O) groups is 1. The number of hydrogen-bond donors (Lipinski definition) is 0. The molecule has 1 aromatic heterocycles. The number of esters is 1. The summed E-state index contributed by atoms with van der Waals surface area (Å²) in [6, 6.07) is 9.21. The summed E-state index contributed by atoms with van der Waals surface area (Å²) < 4.78 is 10.6. The van der Waals surface area contributed by atoms with Crippen molar-refractivity contribution in [1.29, 1.82) is 0 Å². The molecule has 0 saturated heterocycles. The van der Waals surface area contributed by atoms with E-state index in [-0.39, 0.29) is 23.8 Å². The van der Waals surface area contributed by atoms with Gasteiger partial charge in [-0.15, -0.1) is 0 Å². The molecule has 0 aliphatic carbocycles. The van der Waals surface area contributed by atoms with E-state index >= 15 is 0 Å². The third kappa shape index (κ3) is 4.18. The maximum Gasteiger partial charge on any atom is 0.338 e. The summed E-state index contributed by atoms with van der Waals surface area (Å²) in [6.07, 6.45) is 0. The molecule has 2 aromatic carbocycles. The highest BCUT2D eigenvalue weighted by molar-refractivity contribution is 5.90. The topological polar surface area (TPSA) is 99.7 Å². The van der Waals surface area contributed by atoms with Gasteiger partial charge in [0.15, 0.2) is 0 Å². The molecule has 1 heterocycles. The number of nitro benzene ring substituents is 1. The van der Waals surface area contributed by atoms with E-state index in [1.165, 1.54) is 24.3 Å². The van der Waals surface area contributed by atoms with Crippen LogP contribution in [0.5, 0.6) is 0 Å². The van der Waals surface area contributed by atoms with E-state index in [0.29, 0.717) is 22.1 Å². The van der Waals surface area contributed by atoms with Crippen molar-refractivity contribution in [2.24, 2.45) is 0 Å². The van der Waals surface area contributed by atoms with Crippen molar-refractivity contribution in [2.45, 2.75) is 40.2 Å². The van der Waals surface area contributed by atoms with E-state index in [4.69, 9.17) is 9.15 Å². The van der Waals surface area contributed by atoms with Gasteiger partial charge in [-0.1, -0.05) is 19.9 Å². The van der Waals surface area contributed by atoms with Crippen molar-refractivity contribution in [2.75, 3.05) is 0 Å². The first-order valence-corrected chi connectivity index (χ1v) is 9.17. The fraction of sp³-hybridized carbons (Fsp3) is 0.273. The minimum atomic E-state index is -0.703. The number of ether oxygens (including phenoxy) is 1. The van der Waals surface area contributed by atoms with Crippen molar-refractivity contribution in [3.05, 3.63) is 84.7 Å². The van der Waals surface area contributed by atoms with Crippen LogP contribution in [0.3, 0.4) is 0 Å². The summed E-state index contributed by atoms with van der Waals surface area (Å²) in [5.74, 6) is -0.430. The molecule has 150 valence electrons. The Morgan fingerprint density at radius 3 is 2.52 bits per heavy atom. The van der Waals surface area contributed by atoms with Crippen molar-refractivity contribution in [3.8, 4) is 0 Å². The zero-order valence-corrected chi connectivity index (χ0v) is 16.6. The van der Waals surface area contributed by atoms with E-state index < -0.39 is 16.5 Å². The molecule has 7 nitrogen and oxygen atoms in total. The van der Waals surface area contributed by atoms with E-state index in [1.807, 2.05) is 13.0 Å². The van der Waals surface area contributed by atoms with Gasteiger partial charge in [0, 0.05) is 28.6 Å². The lowest BCUT2D eigenvalue weighted by atomic mass is 9.95. The number of rotatable bonds is 5. The molecule has 0 saturated carbocycles. The van der Waals surface area contributed by atoms with Crippen molar-refractivity contribution >= 4 is 22.6 Å². The number of fused-ring (bicyclic) bond motifs is 1. The zero-order chi connectivity index (χ0) is 21.3. The Labute approximate surface area is 167 Å². The van der Waals surface area contributed by atoms with Crippen LogP contribution >= 0.6 is 0 Å². The Balaban J connectivity index is 1.93. The molecule has 0 spiro atoms. The van der Waals surface area contributed by atoms with E-state index in [1.54, 1.807) is 13.0 Å². The first kappa shape index (κ1) is 20.3. The number of nitrogens with zero attached hydrogens (tertiary/aromatic N) is 1. The molecule has 0 atom stereocenters. The zero-order valence-electron chi connectivity index (χ0n) is 16.6. The number of aryl methyl sites for hydroxylation is 2. The van der Waals surface area contributed by atoms with Crippen LogP contribution in [0, 0.1) is 24.0 Å². The molecule has 3 rings (SSSR count). The smallest absolute Gasteiger partial charge is 0.338 e. The lowest BCUT2D eigenvalue weighted by molar-refractivity contribution is -0.385. The third-order valence-electron chi connectivity index (χ3n) is 4.84. The monoisotopic (exact) mass is 395 g/mol. The average Bonchev–Trinajstić information content (AvgIpc) is 2.64. The van der Waals surface area contributed by atoms with Gasteiger partial charge in [0.1, 0.15) is 12.2 Å². The quantitative estimate of drug-likeness (QED) is 0.266. The highest BCUT2D eigenvalue weighted by Crippen LogP contribution is 2.27. The van der Waals surface area contributed by atoms with E-state index in [0.717, 1.165) is 11.1 Å². The Morgan fingerprint density at radius 2 is 1.86 bits per heavy atom. The molecule has 0 radical (unpaired) electrons. The Hall–Kier alpha value is -3.48. The van der Waals surface area contributed by atoms with Gasteiger partial charge in [0.05, 0.1) is 10.5 Å². The highest BCUT2D eigenvalue weighted by Gasteiger charge is 2.17. The van der Waals surface area contributed by atoms with Crippen molar-refractivity contribution in [1.82, 2.24) is 0 Å². The number of carbonyl (C=O) groups excluding carboxylic acids is 1. The number of benzene rings is 2. The lowest BCUT2D eigenvalue weighted by Crippen LogP contribution is -2.09. The Morgan fingerprint density at radius 1 is 1.14 bits per heavy atom. The second-order valence-electron chi connectivity index (χ2n) is 7.28. The largest absolute Gasteiger partial charge is 0.457 e. The summed E-state index contributed by atoms with van der Waals surface area (Å²) in [5.41, 5.74) is 2.91. The maximum atomic E-state index is 12.4.